The number of benzene rings is 1. The van der Waals surface area contributed by atoms with E-state index >= 15 is 0 Å². The highest BCUT2D eigenvalue weighted by Crippen LogP contribution is 2.26. The molecule has 74 valence electrons. The maximum atomic E-state index is 4.41. The average Bonchev–Trinajstić information content (AvgIpc) is 2.42. The lowest BCUT2D eigenvalue weighted by Crippen LogP contribution is -1.98. The van der Waals surface area contributed by atoms with Gasteiger partial charge in [-0.15, -0.1) is 0 Å². The van der Waals surface area contributed by atoms with Crippen molar-refractivity contribution in [2.75, 3.05) is 0 Å². The summed E-state index contributed by atoms with van der Waals surface area (Å²) in [5, 5.41) is 0.442. The molecule has 1 aromatic carbocycles. The van der Waals surface area contributed by atoms with Gasteiger partial charge in [-0.2, -0.15) is 12.6 Å². The van der Waals surface area contributed by atoms with Crippen molar-refractivity contribution >= 4 is 12.6 Å². The first-order valence-corrected chi connectivity index (χ1v) is 5.62. The number of hydrogen-bond donors (Lipinski definition) is 1. The minimum absolute atomic E-state index is 0.442. The molecule has 1 unspecified atom stereocenters. The summed E-state index contributed by atoms with van der Waals surface area (Å²) < 4.78 is 0. The van der Waals surface area contributed by atoms with E-state index in [1.165, 1.54) is 22.3 Å². The zero-order valence-electron chi connectivity index (χ0n) is 8.59. The van der Waals surface area contributed by atoms with E-state index in [9.17, 15) is 0 Å². The van der Waals surface area contributed by atoms with Gasteiger partial charge >= 0.3 is 0 Å². The molecule has 0 N–H and O–H groups in total. The minimum Gasteiger partial charge on any atom is -0.176 e. The molecule has 2 rings (SSSR count). The van der Waals surface area contributed by atoms with Gasteiger partial charge in [0.1, 0.15) is 0 Å². The van der Waals surface area contributed by atoms with E-state index in [0.717, 1.165) is 19.3 Å². The van der Waals surface area contributed by atoms with Crippen molar-refractivity contribution in [2.45, 2.75) is 31.4 Å². The lowest BCUT2D eigenvalue weighted by Gasteiger charge is -2.06. The first kappa shape index (κ1) is 9.85. The third-order valence-electron chi connectivity index (χ3n) is 2.68. The summed E-state index contributed by atoms with van der Waals surface area (Å²) in [6, 6.07) is 6.80. The predicted molar refractivity (Wildman–Crippen MR) is 65.1 cm³/mol. The molecule has 0 nitrogen and oxygen atoms in total. The Morgan fingerprint density at radius 3 is 2.79 bits per heavy atom. The van der Waals surface area contributed by atoms with Crippen LogP contribution >= 0.6 is 12.6 Å². The minimum atomic E-state index is 0.442. The summed E-state index contributed by atoms with van der Waals surface area (Å²) in [4.78, 5) is 0. The number of thiol groups is 1. The van der Waals surface area contributed by atoms with Crippen molar-refractivity contribution in [1.29, 1.82) is 0 Å². The summed E-state index contributed by atoms with van der Waals surface area (Å²) in [5.74, 6) is 0. The monoisotopic (exact) mass is 204 g/mol. The summed E-state index contributed by atoms with van der Waals surface area (Å²) in [6.07, 6.45) is 3.21. The third kappa shape index (κ3) is 2.03. The van der Waals surface area contributed by atoms with Gasteiger partial charge in [-0.3, -0.25) is 0 Å². The molecule has 1 aliphatic carbocycles. The molecule has 0 amide bonds. The van der Waals surface area contributed by atoms with Crippen LogP contribution in [0.2, 0.25) is 0 Å². The first-order chi connectivity index (χ1) is 6.65. The second-order valence-electron chi connectivity index (χ2n) is 4.26. The molecule has 0 heterocycles. The van der Waals surface area contributed by atoms with Gasteiger partial charge in [0, 0.05) is 5.25 Å². The van der Waals surface area contributed by atoms with E-state index in [2.05, 4.69) is 44.3 Å². The van der Waals surface area contributed by atoms with Gasteiger partial charge in [0.25, 0.3) is 0 Å². The number of rotatable bonds is 2. The zero-order valence-corrected chi connectivity index (χ0v) is 9.48. The van der Waals surface area contributed by atoms with Crippen LogP contribution in [0.15, 0.2) is 30.4 Å². The van der Waals surface area contributed by atoms with E-state index in [0.29, 0.717) is 5.25 Å². The van der Waals surface area contributed by atoms with Gasteiger partial charge in [0.15, 0.2) is 0 Å². The fourth-order valence-corrected chi connectivity index (χ4v) is 2.30. The molecule has 14 heavy (non-hydrogen) atoms. The Hall–Kier alpha value is -0.690. The second kappa shape index (κ2) is 3.82. The van der Waals surface area contributed by atoms with Crippen molar-refractivity contribution in [2.24, 2.45) is 0 Å². The Morgan fingerprint density at radius 1 is 1.36 bits per heavy atom. The Bertz CT molecular complexity index is 363. The van der Waals surface area contributed by atoms with Crippen LogP contribution in [0, 0.1) is 0 Å². The Labute approximate surface area is 91.4 Å². The van der Waals surface area contributed by atoms with E-state index in [1.807, 2.05) is 0 Å². The molecule has 1 atom stereocenters. The molecule has 1 heteroatoms. The van der Waals surface area contributed by atoms with Gasteiger partial charge < -0.3 is 0 Å². The van der Waals surface area contributed by atoms with Crippen molar-refractivity contribution in [1.82, 2.24) is 0 Å². The number of hydrogen-bond acceptors (Lipinski definition) is 1. The summed E-state index contributed by atoms with van der Waals surface area (Å²) >= 11 is 4.41. The molecule has 0 aromatic heterocycles. The number of allylic oxidation sites excluding steroid dienone is 1. The summed E-state index contributed by atoms with van der Waals surface area (Å²) in [5.41, 5.74) is 5.68. The fraction of sp³-hybridized carbons (Fsp3) is 0.385. The van der Waals surface area contributed by atoms with Crippen LogP contribution in [-0.2, 0) is 19.3 Å². The van der Waals surface area contributed by atoms with Crippen molar-refractivity contribution in [3.05, 3.63) is 47.0 Å². The van der Waals surface area contributed by atoms with Gasteiger partial charge in [-0.25, -0.2) is 0 Å². The maximum Gasteiger partial charge on any atom is 0.00288 e. The topological polar surface area (TPSA) is 0 Å². The van der Waals surface area contributed by atoms with E-state index in [4.69, 9.17) is 0 Å². The molecular weight excluding hydrogens is 188 g/mol. The molecule has 0 fully saturated rings. The van der Waals surface area contributed by atoms with Crippen molar-refractivity contribution in [3.8, 4) is 0 Å². The van der Waals surface area contributed by atoms with Crippen LogP contribution in [0.1, 0.15) is 23.6 Å². The maximum absolute atomic E-state index is 4.41. The van der Waals surface area contributed by atoms with Crippen LogP contribution in [0.3, 0.4) is 0 Å². The van der Waals surface area contributed by atoms with Gasteiger partial charge in [-0.05, 0) is 36.0 Å². The van der Waals surface area contributed by atoms with Crippen LogP contribution in [-0.4, -0.2) is 5.25 Å². The van der Waals surface area contributed by atoms with Crippen LogP contribution < -0.4 is 0 Å². The van der Waals surface area contributed by atoms with Crippen LogP contribution in [0.25, 0.3) is 0 Å². The molecule has 0 bridgehead atoms. The Balaban J connectivity index is 2.24. The molecular formula is C13H16S. The van der Waals surface area contributed by atoms with Gasteiger partial charge in [-0.1, -0.05) is 37.3 Å². The Kier molecular flexibility index (Phi) is 2.69. The second-order valence-corrected chi connectivity index (χ2v) is 5.14. The summed E-state index contributed by atoms with van der Waals surface area (Å²) in [7, 11) is 0. The standard InChI is InChI=1S/C13H16S/c1-9-5-12-4-3-11(7-10(2)14)8-13(12)6-9/h3-4,8,10,14H,1,5-7H2,2H3. The summed E-state index contributed by atoms with van der Waals surface area (Å²) in [6.45, 7) is 6.18. The molecule has 1 aromatic rings. The molecule has 0 aliphatic heterocycles. The molecule has 0 spiro atoms. The average molecular weight is 204 g/mol. The van der Waals surface area contributed by atoms with Gasteiger partial charge in [0.05, 0.1) is 0 Å². The highest BCUT2D eigenvalue weighted by molar-refractivity contribution is 7.80. The zero-order chi connectivity index (χ0) is 10.1. The van der Waals surface area contributed by atoms with Crippen molar-refractivity contribution < 1.29 is 0 Å². The molecule has 0 saturated heterocycles. The first-order valence-electron chi connectivity index (χ1n) is 5.10. The SMILES string of the molecule is C=C1Cc2ccc(CC(C)S)cc2C1. The lowest BCUT2D eigenvalue weighted by molar-refractivity contribution is 0.947. The van der Waals surface area contributed by atoms with Crippen molar-refractivity contribution in [3.63, 3.8) is 0 Å². The van der Waals surface area contributed by atoms with Gasteiger partial charge in [0.2, 0.25) is 0 Å². The molecule has 1 aliphatic rings. The third-order valence-corrected chi connectivity index (χ3v) is 2.87. The van der Waals surface area contributed by atoms with E-state index in [-0.39, 0.29) is 0 Å². The predicted octanol–water partition coefficient (Wildman–Crippen LogP) is 3.20. The highest BCUT2D eigenvalue weighted by atomic mass is 32.1. The molecule has 0 saturated carbocycles. The quantitative estimate of drug-likeness (QED) is 0.555. The van der Waals surface area contributed by atoms with E-state index in [1.54, 1.807) is 0 Å². The smallest absolute Gasteiger partial charge is 0.00288 e. The van der Waals surface area contributed by atoms with E-state index < -0.39 is 0 Å². The van der Waals surface area contributed by atoms with Crippen LogP contribution in [0.4, 0.5) is 0 Å². The Morgan fingerprint density at radius 2 is 2.07 bits per heavy atom. The van der Waals surface area contributed by atoms with Crippen LogP contribution in [0.5, 0.6) is 0 Å². The lowest BCUT2D eigenvalue weighted by atomic mass is 10.0. The number of fused-ring (bicyclic) bond motifs is 1. The molecule has 0 radical (unpaired) electrons. The normalized spacial score (nSPS) is 16.9. The highest BCUT2D eigenvalue weighted by Gasteiger charge is 2.13. The fourth-order valence-electron chi connectivity index (χ4n) is 2.09. The largest absolute Gasteiger partial charge is 0.176 e.